The van der Waals surface area contributed by atoms with Gasteiger partial charge in [0.1, 0.15) is 11.2 Å². The van der Waals surface area contributed by atoms with Crippen LogP contribution >= 0.6 is 34.7 Å². The van der Waals surface area contributed by atoms with Crippen molar-refractivity contribution < 1.29 is 9.59 Å². The largest absolute Gasteiger partial charge is 0.325 e. The molecule has 0 saturated heterocycles. The molecule has 0 radical (unpaired) electrons. The van der Waals surface area contributed by atoms with Crippen LogP contribution in [0.2, 0.25) is 5.02 Å². The zero-order valence-electron chi connectivity index (χ0n) is 17.3. The number of nitrogens with one attached hydrogen (secondary N) is 1. The van der Waals surface area contributed by atoms with Gasteiger partial charge in [-0.2, -0.15) is 0 Å². The molecule has 3 heterocycles. The summed E-state index contributed by atoms with van der Waals surface area (Å²) in [5, 5.41) is 15.7. The summed E-state index contributed by atoms with van der Waals surface area (Å²) in [5.41, 5.74) is 3.95. The third kappa shape index (κ3) is 4.35. The molecule has 0 spiro atoms. The van der Waals surface area contributed by atoms with Crippen LogP contribution in [0.1, 0.15) is 17.3 Å². The van der Waals surface area contributed by atoms with Crippen LogP contribution in [0.4, 0.5) is 5.69 Å². The average molecular weight is 494 g/mol. The summed E-state index contributed by atoms with van der Waals surface area (Å²) in [6.07, 6.45) is 1.68. The molecule has 0 aliphatic carbocycles. The van der Waals surface area contributed by atoms with Crippen molar-refractivity contribution in [1.29, 1.82) is 0 Å². The zero-order valence-corrected chi connectivity index (χ0v) is 19.7. The van der Waals surface area contributed by atoms with E-state index in [9.17, 15) is 9.59 Å². The monoisotopic (exact) mass is 493 g/mol. The van der Waals surface area contributed by atoms with Crippen LogP contribution in [-0.4, -0.2) is 37.0 Å². The lowest BCUT2D eigenvalue weighted by atomic mass is 10.1. The van der Waals surface area contributed by atoms with E-state index in [0.717, 1.165) is 21.3 Å². The molecule has 0 aliphatic rings. The number of fused-ring (bicyclic) bond motifs is 3. The van der Waals surface area contributed by atoms with E-state index in [1.807, 2.05) is 29.6 Å². The second-order valence-electron chi connectivity index (χ2n) is 7.23. The number of aromatic nitrogens is 4. The van der Waals surface area contributed by atoms with E-state index in [2.05, 4.69) is 20.5 Å². The summed E-state index contributed by atoms with van der Waals surface area (Å²) in [6, 6.07) is 14.4. The number of thiophene rings is 1. The lowest BCUT2D eigenvalue weighted by molar-refractivity contribution is -0.113. The number of benzene rings is 2. The highest BCUT2D eigenvalue weighted by Gasteiger charge is 2.17. The molecule has 1 N–H and O–H groups in total. The normalized spacial score (nSPS) is 11.2. The minimum Gasteiger partial charge on any atom is -0.325 e. The van der Waals surface area contributed by atoms with Crippen LogP contribution < -0.4 is 5.32 Å². The molecule has 0 atom stereocenters. The standard InChI is InChI=1S/C23H16ClN5O2S2/c1-13(30)14-4-8-17(9-5-14)26-19(31)11-33-23-28-27-21-20-18(15-2-6-16(24)7-3-15)10-32-22(20)25-12-29(21)23/h2-10,12H,11H2,1H3,(H,26,31). The third-order valence-corrected chi connectivity index (χ3v) is 7.09. The van der Waals surface area contributed by atoms with Gasteiger partial charge < -0.3 is 5.32 Å². The molecule has 164 valence electrons. The van der Waals surface area contributed by atoms with Crippen LogP contribution in [0.5, 0.6) is 0 Å². The van der Waals surface area contributed by atoms with E-state index in [0.29, 0.717) is 27.1 Å². The lowest BCUT2D eigenvalue weighted by Crippen LogP contribution is -2.14. The van der Waals surface area contributed by atoms with Gasteiger partial charge in [0.05, 0.1) is 11.1 Å². The molecule has 10 heteroatoms. The van der Waals surface area contributed by atoms with Gasteiger partial charge in [-0.1, -0.05) is 35.5 Å². The van der Waals surface area contributed by atoms with Crippen LogP contribution in [0.3, 0.4) is 0 Å². The fourth-order valence-corrected chi connectivity index (χ4v) is 5.12. The highest BCUT2D eigenvalue weighted by Crippen LogP contribution is 2.36. The molecule has 5 rings (SSSR count). The smallest absolute Gasteiger partial charge is 0.234 e. The molecule has 0 aliphatic heterocycles. The Balaban J connectivity index is 1.36. The topological polar surface area (TPSA) is 89.2 Å². The van der Waals surface area contributed by atoms with Gasteiger partial charge in [0, 0.05) is 27.2 Å². The van der Waals surface area contributed by atoms with Gasteiger partial charge >= 0.3 is 0 Å². The summed E-state index contributed by atoms with van der Waals surface area (Å²) in [7, 11) is 0. The number of ketones is 1. The van der Waals surface area contributed by atoms with Gasteiger partial charge in [-0.05, 0) is 48.9 Å². The predicted molar refractivity (Wildman–Crippen MR) is 132 cm³/mol. The fraction of sp³-hybridized carbons (Fsp3) is 0.0870. The molecule has 1 amide bonds. The quantitative estimate of drug-likeness (QED) is 0.245. The maximum Gasteiger partial charge on any atom is 0.234 e. The van der Waals surface area contributed by atoms with Gasteiger partial charge in [-0.25, -0.2) is 4.98 Å². The molecule has 7 nitrogen and oxygen atoms in total. The van der Waals surface area contributed by atoms with Crippen LogP contribution in [0.25, 0.3) is 27.0 Å². The van der Waals surface area contributed by atoms with Crippen LogP contribution in [0.15, 0.2) is 65.4 Å². The van der Waals surface area contributed by atoms with E-state index >= 15 is 0 Å². The van der Waals surface area contributed by atoms with E-state index < -0.39 is 0 Å². The van der Waals surface area contributed by atoms with Crippen molar-refractivity contribution >= 4 is 67.9 Å². The number of thioether (sulfide) groups is 1. The van der Waals surface area contributed by atoms with Crippen molar-refractivity contribution in [2.75, 3.05) is 11.1 Å². The minimum atomic E-state index is -0.182. The van der Waals surface area contributed by atoms with E-state index in [-0.39, 0.29) is 17.4 Å². The molecular weight excluding hydrogens is 478 g/mol. The molecule has 0 fully saturated rings. The first kappa shape index (κ1) is 21.6. The Kier molecular flexibility index (Phi) is 5.84. The van der Waals surface area contributed by atoms with Crippen molar-refractivity contribution in [3.8, 4) is 11.1 Å². The predicted octanol–water partition coefficient (Wildman–Crippen LogP) is 5.59. The number of amides is 1. The number of nitrogens with zero attached hydrogens (tertiary/aromatic N) is 4. The molecular formula is C23H16ClN5O2S2. The fourth-order valence-electron chi connectivity index (χ4n) is 3.38. The highest BCUT2D eigenvalue weighted by atomic mass is 35.5. The number of carbonyl (C=O) groups is 2. The van der Waals surface area contributed by atoms with Crippen molar-refractivity contribution in [1.82, 2.24) is 19.6 Å². The number of carbonyl (C=O) groups excluding carboxylic acids is 2. The molecule has 0 bridgehead atoms. The average Bonchev–Trinajstić information content (AvgIpc) is 3.42. The van der Waals surface area contributed by atoms with Crippen molar-refractivity contribution in [2.45, 2.75) is 12.1 Å². The summed E-state index contributed by atoms with van der Waals surface area (Å²) in [5.74, 6) is -0.0468. The summed E-state index contributed by atoms with van der Waals surface area (Å²) < 4.78 is 1.80. The maximum absolute atomic E-state index is 12.4. The Hall–Kier alpha value is -3.27. The number of hydrogen-bond donors (Lipinski definition) is 1. The van der Waals surface area contributed by atoms with E-state index in [1.165, 1.54) is 18.7 Å². The van der Waals surface area contributed by atoms with Crippen LogP contribution in [-0.2, 0) is 4.79 Å². The Morgan fingerprint density at radius 1 is 1.09 bits per heavy atom. The summed E-state index contributed by atoms with van der Waals surface area (Å²) in [4.78, 5) is 29.2. The first-order valence-electron chi connectivity index (χ1n) is 9.90. The lowest BCUT2D eigenvalue weighted by Gasteiger charge is -2.05. The second kappa shape index (κ2) is 8.93. The second-order valence-corrected chi connectivity index (χ2v) is 9.46. The number of hydrogen-bond acceptors (Lipinski definition) is 7. The van der Waals surface area contributed by atoms with Gasteiger partial charge in [0.25, 0.3) is 0 Å². The first-order valence-corrected chi connectivity index (χ1v) is 12.1. The molecule has 5 aromatic rings. The third-order valence-electron chi connectivity index (χ3n) is 5.01. The number of halogens is 1. The van der Waals surface area contributed by atoms with E-state index in [4.69, 9.17) is 11.6 Å². The van der Waals surface area contributed by atoms with Gasteiger partial charge in [-0.3, -0.25) is 14.0 Å². The summed E-state index contributed by atoms with van der Waals surface area (Å²) in [6.45, 7) is 1.50. The zero-order chi connectivity index (χ0) is 22.9. The first-order chi connectivity index (χ1) is 16.0. The molecule has 3 aromatic heterocycles. The minimum absolute atomic E-state index is 0.0188. The Morgan fingerprint density at radius 3 is 2.58 bits per heavy atom. The number of Topliss-reactive ketones (excluding diaryl/α,β-unsaturated/α-hetero) is 1. The number of rotatable bonds is 6. The SMILES string of the molecule is CC(=O)c1ccc(NC(=O)CSc2nnc3c4c(-c5ccc(Cl)cc5)csc4ncn23)cc1. The van der Waals surface area contributed by atoms with Crippen LogP contribution in [0, 0.1) is 0 Å². The van der Waals surface area contributed by atoms with Gasteiger partial charge in [0.2, 0.25) is 5.91 Å². The van der Waals surface area contributed by atoms with Crippen molar-refractivity contribution in [3.63, 3.8) is 0 Å². The van der Waals surface area contributed by atoms with E-state index in [1.54, 1.807) is 46.3 Å². The van der Waals surface area contributed by atoms with Crippen molar-refractivity contribution in [2.24, 2.45) is 0 Å². The number of anilines is 1. The Labute approximate surface area is 201 Å². The van der Waals surface area contributed by atoms with Gasteiger partial charge in [0.15, 0.2) is 16.6 Å². The maximum atomic E-state index is 12.4. The Bertz CT molecular complexity index is 1490. The van der Waals surface area contributed by atoms with Crippen molar-refractivity contribution in [3.05, 3.63) is 70.8 Å². The highest BCUT2D eigenvalue weighted by molar-refractivity contribution is 7.99. The molecule has 33 heavy (non-hydrogen) atoms. The molecule has 0 saturated carbocycles. The Morgan fingerprint density at radius 2 is 1.85 bits per heavy atom. The molecule has 2 aromatic carbocycles. The molecule has 0 unspecified atom stereocenters. The summed E-state index contributed by atoms with van der Waals surface area (Å²) >= 11 is 8.85. The van der Waals surface area contributed by atoms with Gasteiger partial charge in [-0.15, -0.1) is 21.5 Å².